The van der Waals surface area contributed by atoms with Gasteiger partial charge in [-0.25, -0.2) is 9.37 Å². The van der Waals surface area contributed by atoms with Crippen LogP contribution in [0.2, 0.25) is 0 Å². The van der Waals surface area contributed by atoms with Crippen LogP contribution in [0, 0.1) is 17.7 Å². The van der Waals surface area contributed by atoms with Crippen molar-refractivity contribution < 1.29 is 28.5 Å². The molecule has 4 aliphatic rings. The first-order valence-electron chi connectivity index (χ1n) is 16.0. The Morgan fingerprint density at radius 3 is 2.77 bits per heavy atom. The predicted molar refractivity (Wildman–Crippen MR) is 164 cm³/mol. The summed E-state index contributed by atoms with van der Waals surface area (Å²) in [5, 5.41) is 9.78. The summed E-state index contributed by atoms with van der Waals surface area (Å²) in [6.07, 6.45) is 8.16. The standard InChI is InChI=1S/C36H41FN2O5/c1-22(35(40)41)34(24-5-6-24)26-7-4-23-9-11-31(44-32(23)17-26)25-8-10-28(29-18-33(42-2)38-19-30(29)37)27(16-25)20-39-14-13-36(21-39)12-3-15-43-36/h4,7-8,10,16-19,22,24,31,34H,3,5-6,9,11-15,20-21H2,1-2H3,(H,40,41)/t22-,31?,34?,36?/m0/s1. The molecule has 7 nitrogen and oxygen atoms in total. The maximum atomic E-state index is 15.2. The van der Waals surface area contributed by atoms with Gasteiger partial charge in [-0.2, -0.15) is 0 Å². The molecule has 1 spiro atoms. The highest BCUT2D eigenvalue weighted by Gasteiger charge is 2.42. The molecule has 44 heavy (non-hydrogen) atoms. The summed E-state index contributed by atoms with van der Waals surface area (Å²) in [6.45, 7) is 5.15. The number of carbonyl (C=O) groups is 1. The average Bonchev–Trinajstić information content (AvgIpc) is 3.63. The molecule has 3 fully saturated rings. The fraction of sp³-hybridized carbons (Fsp3) is 0.500. The highest BCUT2D eigenvalue weighted by Crippen LogP contribution is 2.48. The Kier molecular flexibility index (Phi) is 7.83. The highest BCUT2D eigenvalue weighted by atomic mass is 19.1. The van der Waals surface area contributed by atoms with E-state index in [9.17, 15) is 9.90 Å². The lowest BCUT2D eigenvalue weighted by Crippen LogP contribution is -2.32. The largest absolute Gasteiger partial charge is 0.485 e. The SMILES string of the molecule is COc1cc(-c2ccc(C3CCc4ccc(C(C5CC5)[C@H](C)C(=O)O)cc4O3)cc2CN2CCC3(CCCO3)C2)c(F)cn1. The van der Waals surface area contributed by atoms with Gasteiger partial charge in [-0.3, -0.25) is 9.69 Å². The van der Waals surface area contributed by atoms with Crippen molar-refractivity contribution >= 4 is 5.97 Å². The van der Waals surface area contributed by atoms with Crippen molar-refractivity contribution in [3.8, 4) is 22.8 Å². The number of nitrogens with zero attached hydrogens (tertiary/aromatic N) is 2. The molecule has 7 rings (SSSR count). The Hall–Kier alpha value is -3.49. The summed E-state index contributed by atoms with van der Waals surface area (Å²) < 4.78 is 33.4. The Bertz CT molecular complexity index is 1550. The van der Waals surface area contributed by atoms with Crippen LogP contribution in [-0.2, 0) is 22.5 Å². The molecule has 1 N–H and O–H groups in total. The molecule has 3 unspecified atom stereocenters. The number of ether oxygens (including phenoxy) is 3. The van der Waals surface area contributed by atoms with Crippen molar-refractivity contribution in [1.82, 2.24) is 9.88 Å². The number of halogens is 1. The third-order valence-electron chi connectivity index (χ3n) is 10.3. The number of likely N-dealkylation sites (tertiary alicyclic amines) is 1. The van der Waals surface area contributed by atoms with Gasteiger partial charge in [0.05, 0.1) is 24.8 Å². The molecule has 2 saturated heterocycles. The van der Waals surface area contributed by atoms with E-state index in [1.54, 1.807) is 6.07 Å². The van der Waals surface area contributed by atoms with Crippen LogP contribution in [-0.4, -0.2) is 53.4 Å². The molecular formula is C36H41FN2O5. The second-order valence-corrected chi connectivity index (χ2v) is 13.2. The van der Waals surface area contributed by atoms with Crippen molar-refractivity contribution in [3.05, 3.63) is 76.7 Å². The molecule has 2 aromatic carbocycles. The maximum Gasteiger partial charge on any atom is 0.306 e. The number of hydrogen-bond acceptors (Lipinski definition) is 6. The van der Waals surface area contributed by atoms with Crippen LogP contribution in [0.15, 0.2) is 48.7 Å². The van der Waals surface area contributed by atoms with Crippen LogP contribution in [0.3, 0.4) is 0 Å². The molecule has 1 aliphatic carbocycles. The zero-order chi connectivity index (χ0) is 30.4. The third kappa shape index (κ3) is 5.70. The Morgan fingerprint density at radius 2 is 2.02 bits per heavy atom. The number of methoxy groups -OCH3 is 1. The molecule has 4 heterocycles. The quantitative estimate of drug-likeness (QED) is 0.285. The fourth-order valence-corrected chi connectivity index (χ4v) is 7.73. The Balaban J connectivity index is 1.19. The van der Waals surface area contributed by atoms with E-state index in [0.29, 0.717) is 23.9 Å². The number of fused-ring (bicyclic) bond motifs is 1. The van der Waals surface area contributed by atoms with Gasteiger partial charge >= 0.3 is 5.97 Å². The van der Waals surface area contributed by atoms with E-state index < -0.39 is 11.9 Å². The van der Waals surface area contributed by atoms with Crippen LogP contribution in [0.1, 0.15) is 79.7 Å². The highest BCUT2D eigenvalue weighted by molar-refractivity contribution is 5.71. The number of benzene rings is 2. The van der Waals surface area contributed by atoms with E-state index in [2.05, 4.69) is 40.2 Å². The topological polar surface area (TPSA) is 81.1 Å². The number of aryl methyl sites for hydroxylation is 1. The summed E-state index contributed by atoms with van der Waals surface area (Å²) in [7, 11) is 1.54. The number of hydrogen-bond donors (Lipinski definition) is 1. The number of aliphatic carboxylic acids is 1. The third-order valence-corrected chi connectivity index (χ3v) is 10.3. The van der Waals surface area contributed by atoms with Crippen LogP contribution >= 0.6 is 0 Å². The second-order valence-electron chi connectivity index (χ2n) is 13.2. The molecule has 4 atom stereocenters. The van der Waals surface area contributed by atoms with Crippen LogP contribution in [0.4, 0.5) is 4.39 Å². The Labute approximate surface area is 258 Å². The van der Waals surface area contributed by atoms with Gasteiger partial charge in [0.1, 0.15) is 17.7 Å². The first-order valence-corrected chi connectivity index (χ1v) is 16.0. The van der Waals surface area contributed by atoms with E-state index in [0.717, 1.165) is 98.2 Å². The maximum absolute atomic E-state index is 15.2. The molecule has 0 radical (unpaired) electrons. The van der Waals surface area contributed by atoms with Gasteiger partial charge in [0.15, 0.2) is 0 Å². The zero-order valence-electron chi connectivity index (χ0n) is 25.6. The van der Waals surface area contributed by atoms with Gasteiger partial charge in [-0.05, 0) is 90.7 Å². The molecule has 1 aromatic heterocycles. The van der Waals surface area contributed by atoms with Crippen LogP contribution in [0.25, 0.3) is 11.1 Å². The van der Waals surface area contributed by atoms with Crippen LogP contribution < -0.4 is 9.47 Å². The first kappa shape index (κ1) is 29.2. The normalized spacial score (nSPS) is 24.6. The van der Waals surface area contributed by atoms with Gasteiger partial charge in [0.25, 0.3) is 0 Å². The first-order chi connectivity index (χ1) is 21.3. The van der Waals surface area contributed by atoms with Gasteiger partial charge in [-0.15, -0.1) is 0 Å². The monoisotopic (exact) mass is 600 g/mol. The molecule has 3 aliphatic heterocycles. The van der Waals surface area contributed by atoms with Gasteiger partial charge in [-0.1, -0.05) is 37.3 Å². The van der Waals surface area contributed by atoms with Crippen molar-refractivity contribution in [3.63, 3.8) is 0 Å². The molecule has 0 bridgehead atoms. The number of aromatic nitrogens is 1. The lowest BCUT2D eigenvalue weighted by molar-refractivity contribution is -0.142. The van der Waals surface area contributed by atoms with E-state index in [1.165, 1.54) is 13.3 Å². The summed E-state index contributed by atoms with van der Waals surface area (Å²) >= 11 is 0. The average molecular weight is 601 g/mol. The van der Waals surface area contributed by atoms with E-state index >= 15 is 4.39 Å². The minimum atomic E-state index is -0.752. The van der Waals surface area contributed by atoms with Gasteiger partial charge < -0.3 is 19.3 Å². The van der Waals surface area contributed by atoms with E-state index in [-0.39, 0.29) is 23.4 Å². The van der Waals surface area contributed by atoms with E-state index in [4.69, 9.17) is 14.2 Å². The van der Waals surface area contributed by atoms with Crippen molar-refractivity contribution in [1.29, 1.82) is 0 Å². The second kappa shape index (κ2) is 11.8. The number of carboxylic acids is 1. The number of carboxylic acid groups (broad SMARTS) is 1. The Morgan fingerprint density at radius 1 is 1.16 bits per heavy atom. The molecule has 1 saturated carbocycles. The predicted octanol–water partition coefficient (Wildman–Crippen LogP) is 6.93. The summed E-state index contributed by atoms with van der Waals surface area (Å²) in [6, 6.07) is 14.2. The smallest absolute Gasteiger partial charge is 0.306 e. The van der Waals surface area contributed by atoms with E-state index in [1.807, 2.05) is 13.0 Å². The molecule has 232 valence electrons. The van der Waals surface area contributed by atoms with Gasteiger partial charge in [0, 0.05) is 37.9 Å². The zero-order valence-corrected chi connectivity index (χ0v) is 25.6. The van der Waals surface area contributed by atoms with Crippen molar-refractivity contribution in [2.45, 2.75) is 76.0 Å². The van der Waals surface area contributed by atoms with Crippen molar-refractivity contribution in [2.24, 2.45) is 11.8 Å². The van der Waals surface area contributed by atoms with Crippen molar-refractivity contribution in [2.75, 3.05) is 26.8 Å². The minimum Gasteiger partial charge on any atom is -0.485 e. The molecule has 0 amide bonds. The lowest BCUT2D eigenvalue weighted by Gasteiger charge is -2.29. The molecule has 3 aromatic rings. The fourth-order valence-electron chi connectivity index (χ4n) is 7.73. The van der Waals surface area contributed by atoms with Gasteiger partial charge in [0.2, 0.25) is 5.88 Å². The number of rotatable bonds is 9. The summed E-state index contributed by atoms with van der Waals surface area (Å²) in [5.41, 5.74) is 5.56. The summed E-state index contributed by atoms with van der Waals surface area (Å²) in [5.74, 6) is 0.0538. The molecule has 8 heteroatoms. The number of pyridine rings is 1. The summed E-state index contributed by atoms with van der Waals surface area (Å²) in [4.78, 5) is 18.4. The molecular weight excluding hydrogens is 559 g/mol. The van der Waals surface area contributed by atoms with Crippen LogP contribution in [0.5, 0.6) is 11.6 Å². The lowest BCUT2D eigenvalue weighted by atomic mass is 9.82. The minimum absolute atomic E-state index is 0.00693.